The maximum atomic E-state index is 12.5. The van der Waals surface area contributed by atoms with E-state index in [0.29, 0.717) is 12.3 Å². The molecule has 2 heterocycles. The number of carbonyl (C=O) groups excluding carboxylic acids is 1. The maximum absolute atomic E-state index is 12.5. The van der Waals surface area contributed by atoms with Crippen molar-refractivity contribution in [2.24, 2.45) is 5.92 Å². The molecule has 3 rings (SSSR count). The zero-order valence-electron chi connectivity index (χ0n) is 13.2. The van der Waals surface area contributed by atoms with Crippen LogP contribution in [0, 0.1) is 5.92 Å². The van der Waals surface area contributed by atoms with E-state index in [-0.39, 0.29) is 18.1 Å². The van der Waals surface area contributed by atoms with Gasteiger partial charge in [-0.3, -0.25) is 0 Å². The van der Waals surface area contributed by atoms with E-state index in [9.17, 15) is 9.90 Å². The number of nitrogens with zero attached hydrogens (tertiary/aromatic N) is 1. The van der Waals surface area contributed by atoms with Gasteiger partial charge >= 0.3 is 6.03 Å². The van der Waals surface area contributed by atoms with Crippen molar-refractivity contribution in [3.8, 4) is 0 Å². The van der Waals surface area contributed by atoms with Crippen molar-refractivity contribution < 1.29 is 9.90 Å². The second-order valence-corrected chi connectivity index (χ2v) is 7.66. The van der Waals surface area contributed by atoms with Gasteiger partial charge in [-0.25, -0.2) is 4.79 Å². The van der Waals surface area contributed by atoms with Gasteiger partial charge in [0, 0.05) is 23.5 Å². The van der Waals surface area contributed by atoms with Crippen molar-refractivity contribution in [1.29, 1.82) is 0 Å². The molecular formula is C17H26N2O2S. The van der Waals surface area contributed by atoms with E-state index >= 15 is 0 Å². The second-order valence-electron chi connectivity index (χ2n) is 6.69. The van der Waals surface area contributed by atoms with Gasteiger partial charge < -0.3 is 15.3 Å². The highest BCUT2D eigenvalue weighted by atomic mass is 32.1. The average molecular weight is 322 g/mol. The highest BCUT2D eigenvalue weighted by Crippen LogP contribution is 2.31. The first-order valence-corrected chi connectivity index (χ1v) is 9.31. The van der Waals surface area contributed by atoms with Crippen molar-refractivity contribution in [3.05, 3.63) is 22.4 Å². The second kappa shape index (κ2) is 7.01. The lowest BCUT2D eigenvalue weighted by atomic mass is 9.80. The molecule has 0 spiro atoms. The fourth-order valence-corrected chi connectivity index (χ4v) is 4.26. The van der Waals surface area contributed by atoms with Crippen molar-refractivity contribution in [3.63, 3.8) is 0 Å². The lowest BCUT2D eigenvalue weighted by molar-refractivity contribution is 0.125. The van der Waals surface area contributed by atoms with Gasteiger partial charge in [-0.1, -0.05) is 12.5 Å². The molecule has 0 radical (unpaired) electrons. The number of hydrogen-bond acceptors (Lipinski definition) is 3. The van der Waals surface area contributed by atoms with Crippen molar-refractivity contribution >= 4 is 17.4 Å². The van der Waals surface area contributed by atoms with Crippen LogP contribution >= 0.6 is 11.3 Å². The summed E-state index contributed by atoms with van der Waals surface area (Å²) in [5.41, 5.74) is 0. The third-order valence-corrected chi connectivity index (χ3v) is 6.19. The van der Waals surface area contributed by atoms with E-state index in [1.807, 2.05) is 22.4 Å². The summed E-state index contributed by atoms with van der Waals surface area (Å²) < 4.78 is 0. The highest BCUT2D eigenvalue weighted by Gasteiger charge is 2.33. The molecule has 0 bridgehead atoms. The summed E-state index contributed by atoms with van der Waals surface area (Å²) in [6, 6.07) is 4.41. The molecule has 122 valence electrons. The number of rotatable bonds is 5. The third-order valence-electron chi connectivity index (χ3n) is 5.21. The van der Waals surface area contributed by atoms with Gasteiger partial charge in [0.1, 0.15) is 0 Å². The minimum Gasteiger partial charge on any atom is -0.387 e. The zero-order chi connectivity index (χ0) is 15.5. The number of aliphatic hydroxyl groups excluding tert-OH is 1. The number of aliphatic hydroxyl groups is 1. The molecule has 1 saturated carbocycles. The van der Waals surface area contributed by atoms with Gasteiger partial charge in [0.15, 0.2) is 0 Å². The van der Waals surface area contributed by atoms with Crippen molar-refractivity contribution in [2.75, 3.05) is 6.54 Å². The Balaban J connectivity index is 1.54. The van der Waals surface area contributed by atoms with Crippen LogP contribution in [0.1, 0.15) is 56.4 Å². The average Bonchev–Trinajstić information content (AvgIpc) is 3.07. The Morgan fingerprint density at radius 1 is 1.45 bits per heavy atom. The van der Waals surface area contributed by atoms with Crippen LogP contribution in [-0.4, -0.2) is 34.7 Å². The summed E-state index contributed by atoms with van der Waals surface area (Å²) in [7, 11) is 0. The molecule has 5 heteroatoms. The predicted molar refractivity (Wildman–Crippen MR) is 89.0 cm³/mol. The SMILES string of the molecule is CC(NC(=O)N1CCCC1CC(O)c1cccs1)C1CCC1. The monoisotopic (exact) mass is 322 g/mol. The number of amides is 2. The molecule has 1 aromatic rings. The van der Waals surface area contributed by atoms with Gasteiger partial charge in [0.05, 0.1) is 6.10 Å². The largest absolute Gasteiger partial charge is 0.387 e. The van der Waals surface area contributed by atoms with Crippen LogP contribution in [0.3, 0.4) is 0 Å². The lowest BCUT2D eigenvalue weighted by Gasteiger charge is -2.34. The Kier molecular flexibility index (Phi) is 5.03. The molecule has 1 aliphatic heterocycles. The van der Waals surface area contributed by atoms with Crippen LogP contribution in [0.25, 0.3) is 0 Å². The van der Waals surface area contributed by atoms with Crippen molar-refractivity contribution in [2.45, 2.75) is 63.6 Å². The first kappa shape index (κ1) is 15.8. The minimum atomic E-state index is -0.456. The Labute approximate surface area is 136 Å². The van der Waals surface area contributed by atoms with Gasteiger partial charge in [-0.15, -0.1) is 11.3 Å². The van der Waals surface area contributed by atoms with E-state index in [1.165, 1.54) is 19.3 Å². The molecule has 4 nitrogen and oxygen atoms in total. The van der Waals surface area contributed by atoms with Gasteiger partial charge in [-0.2, -0.15) is 0 Å². The van der Waals surface area contributed by atoms with Crippen LogP contribution in [0.5, 0.6) is 0 Å². The number of nitrogens with one attached hydrogen (secondary N) is 1. The fraction of sp³-hybridized carbons (Fsp3) is 0.706. The van der Waals surface area contributed by atoms with Gasteiger partial charge in [0.25, 0.3) is 0 Å². The van der Waals surface area contributed by atoms with E-state index < -0.39 is 6.10 Å². The first-order chi connectivity index (χ1) is 10.6. The number of thiophene rings is 1. The summed E-state index contributed by atoms with van der Waals surface area (Å²) in [6.07, 6.45) is 5.99. The molecular weight excluding hydrogens is 296 g/mol. The molecule has 1 aromatic heterocycles. The molecule has 2 amide bonds. The Morgan fingerprint density at radius 2 is 2.27 bits per heavy atom. The van der Waals surface area contributed by atoms with Crippen LogP contribution in [0.4, 0.5) is 4.79 Å². The van der Waals surface area contributed by atoms with Gasteiger partial charge in [0.2, 0.25) is 0 Å². The van der Waals surface area contributed by atoms with Gasteiger partial charge in [-0.05, 0) is 56.4 Å². The van der Waals surface area contributed by atoms with E-state index in [1.54, 1.807) is 11.3 Å². The van der Waals surface area contributed by atoms with E-state index in [4.69, 9.17) is 0 Å². The summed E-state index contributed by atoms with van der Waals surface area (Å²) in [4.78, 5) is 15.4. The fourth-order valence-electron chi connectivity index (χ4n) is 3.54. The number of likely N-dealkylation sites (tertiary alicyclic amines) is 1. The lowest BCUT2D eigenvalue weighted by Crippen LogP contribution is -2.49. The Hall–Kier alpha value is -1.07. The smallest absolute Gasteiger partial charge is 0.317 e. The predicted octanol–water partition coefficient (Wildman–Crippen LogP) is 3.53. The van der Waals surface area contributed by atoms with E-state index in [2.05, 4.69) is 12.2 Å². The standard InChI is InChI=1S/C17H26N2O2S/c1-12(13-5-2-6-13)18-17(21)19-9-3-7-14(19)11-15(20)16-8-4-10-22-16/h4,8,10,12-15,20H,2-3,5-7,9,11H2,1H3,(H,18,21). The minimum absolute atomic E-state index is 0.0558. The first-order valence-electron chi connectivity index (χ1n) is 8.43. The van der Waals surface area contributed by atoms with Crippen LogP contribution in [0.2, 0.25) is 0 Å². The molecule has 3 unspecified atom stereocenters. The quantitative estimate of drug-likeness (QED) is 0.871. The topological polar surface area (TPSA) is 52.6 Å². The summed E-state index contributed by atoms with van der Waals surface area (Å²) >= 11 is 1.58. The molecule has 1 saturated heterocycles. The molecule has 22 heavy (non-hydrogen) atoms. The molecule has 1 aliphatic carbocycles. The maximum Gasteiger partial charge on any atom is 0.317 e. The molecule has 2 N–H and O–H groups in total. The normalized spacial score (nSPS) is 24.8. The van der Waals surface area contributed by atoms with Crippen molar-refractivity contribution in [1.82, 2.24) is 10.2 Å². The third kappa shape index (κ3) is 3.46. The molecule has 2 aliphatic rings. The Morgan fingerprint density at radius 3 is 2.91 bits per heavy atom. The number of urea groups is 1. The summed E-state index contributed by atoms with van der Waals surface area (Å²) in [6.45, 7) is 2.93. The van der Waals surface area contributed by atoms with Crippen LogP contribution < -0.4 is 5.32 Å². The molecule has 3 atom stereocenters. The number of carbonyl (C=O) groups is 1. The molecule has 2 fully saturated rings. The summed E-state index contributed by atoms with van der Waals surface area (Å²) in [5, 5.41) is 15.5. The van der Waals surface area contributed by atoms with E-state index in [0.717, 1.165) is 24.3 Å². The van der Waals surface area contributed by atoms with Crippen LogP contribution in [-0.2, 0) is 0 Å². The summed E-state index contributed by atoms with van der Waals surface area (Å²) in [5.74, 6) is 0.654. The zero-order valence-corrected chi connectivity index (χ0v) is 14.0. The van der Waals surface area contributed by atoms with Crippen LogP contribution in [0.15, 0.2) is 17.5 Å². The highest BCUT2D eigenvalue weighted by molar-refractivity contribution is 7.10. The number of hydrogen-bond donors (Lipinski definition) is 2. The molecule has 0 aromatic carbocycles. The Bertz CT molecular complexity index is 487.